The number of carboxylic acid groups (broad SMARTS) is 1. The first kappa shape index (κ1) is 28.1. The van der Waals surface area contributed by atoms with E-state index in [4.69, 9.17) is 20.3 Å². The van der Waals surface area contributed by atoms with Crippen LogP contribution in [-0.4, -0.2) is 89.4 Å². The molecule has 2 aromatic rings. The Kier molecular flexibility index (Phi) is 10.4. The number of carbonyl (C=O) groups excluding carboxylic acids is 2. The van der Waals surface area contributed by atoms with Gasteiger partial charge in [0.2, 0.25) is 6.21 Å². The Morgan fingerprint density at radius 1 is 1.19 bits per heavy atom. The molecular formula is C25H34N5O6S+. The SMILES string of the molecule is CCOC(=O)CN1CCC(N(CCC(=O)O)c2nc(-c3ccc(C=[N+](N)C(=O)OCC)cc3)cs2)CC1. The standard InChI is InChI=1S/C25H33N5O6S/c1-3-35-23(33)16-28-12-9-20(10-13-28)29(14-11-22(31)32)24-27-21(17-37-24)19-7-5-18(6-8-19)15-30(26)25(34)36-4-2/h5-8,15,17,20H,3-4,9-14,16,26H2,1-2H3/p+1. The first-order valence-electron chi connectivity index (χ1n) is 12.3. The van der Waals surface area contributed by atoms with Crippen LogP contribution >= 0.6 is 11.3 Å². The molecule has 0 aliphatic carbocycles. The smallest absolute Gasteiger partial charge is 0.481 e. The van der Waals surface area contributed by atoms with Crippen molar-refractivity contribution in [3.8, 4) is 11.3 Å². The average molecular weight is 533 g/mol. The fourth-order valence-electron chi connectivity index (χ4n) is 4.11. The summed E-state index contributed by atoms with van der Waals surface area (Å²) in [4.78, 5) is 43.8. The van der Waals surface area contributed by atoms with Crippen LogP contribution in [0.1, 0.15) is 38.7 Å². The van der Waals surface area contributed by atoms with Crippen LogP contribution in [0.15, 0.2) is 29.6 Å². The number of hydrogen-bond acceptors (Lipinski definition) is 10. The Labute approximate surface area is 220 Å². The minimum Gasteiger partial charge on any atom is -0.481 e. The molecular weight excluding hydrogens is 498 g/mol. The van der Waals surface area contributed by atoms with Crippen molar-refractivity contribution in [3.05, 3.63) is 35.2 Å². The van der Waals surface area contributed by atoms with Gasteiger partial charge in [-0.05, 0) is 43.5 Å². The second-order valence-electron chi connectivity index (χ2n) is 8.52. The third-order valence-electron chi connectivity index (χ3n) is 5.93. The number of esters is 1. The summed E-state index contributed by atoms with van der Waals surface area (Å²) in [5, 5.41) is 12.0. The maximum atomic E-state index is 11.8. The molecule has 0 atom stereocenters. The summed E-state index contributed by atoms with van der Waals surface area (Å²) in [6.07, 6.45) is 2.46. The molecule has 1 aliphatic heterocycles. The van der Waals surface area contributed by atoms with Gasteiger partial charge in [-0.3, -0.25) is 14.5 Å². The molecule has 11 nitrogen and oxygen atoms in total. The van der Waals surface area contributed by atoms with Gasteiger partial charge < -0.3 is 19.5 Å². The van der Waals surface area contributed by atoms with Gasteiger partial charge in [-0.15, -0.1) is 11.3 Å². The number of hydrazone groups is 1. The number of aliphatic carboxylic acids is 1. The van der Waals surface area contributed by atoms with E-state index in [1.165, 1.54) is 17.6 Å². The third-order valence-corrected chi connectivity index (χ3v) is 6.81. The minimum atomic E-state index is -0.856. The van der Waals surface area contributed by atoms with E-state index >= 15 is 0 Å². The van der Waals surface area contributed by atoms with Crippen LogP contribution in [0.5, 0.6) is 0 Å². The molecule has 1 saturated heterocycles. The van der Waals surface area contributed by atoms with Crippen LogP contribution in [0.3, 0.4) is 0 Å². The van der Waals surface area contributed by atoms with Crippen molar-refractivity contribution in [2.24, 2.45) is 5.84 Å². The Hall–Kier alpha value is -3.51. The Balaban J connectivity index is 1.70. The number of nitrogens with two attached hydrogens (primary N) is 1. The summed E-state index contributed by atoms with van der Waals surface area (Å²) in [5.41, 5.74) is 2.40. The normalized spacial score (nSPS) is 14.8. The summed E-state index contributed by atoms with van der Waals surface area (Å²) >= 11 is 1.48. The number of rotatable bonds is 11. The summed E-state index contributed by atoms with van der Waals surface area (Å²) in [5.74, 6) is 4.63. The number of nitrogens with zero attached hydrogens (tertiary/aromatic N) is 4. The molecule has 3 rings (SSSR count). The van der Waals surface area contributed by atoms with E-state index in [0.717, 1.165) is 52.6 Å². The number of benzene rings is 1. The van der Waals surface area contributed by atoms with Gasteiger partial charge in [-0.25, -0.2) is 4.98 Å². The molecule has 2 heterocycles. The number of carboxylic acids is 1. The van der Waals surface area contributed by atoms with E-state index in [1.807, 2.05) is 29.6 Å². The summed E-state index contributed by atoms with van der Waals surface area (Å²) in [6, 6.07) is 7.56. The highest BCUT2D eigenvalue weighted by Crippen LogP contribution is 2.31. The Bertz CT molecular complexity index is 1100. The van der Waals surface area contributed by atoms with Gasteiger partial charge in [0.25, 0.3) is 0 Å². The molecule has 12 heteroatoms. The Morgan fingerprint density at radius 3 is 2.49 bits per heavy atom. The van der Waals surface area contributed by atoms with Gasteiger partial charge >= 0.3 is 18.0 Å². The first-order valence-corrected chi connectivity index (χ1v) is 13.2. The monoisotopic (exact) mass is 532 g/mol. The fourth-order valence-corrected chi connectivity index (χ4v) is 5.04. The van der Waals surface area contributed by atoms with Crippen LogP contribution in [0, 0.1) is 0 Å². The first-order chi connectivity index (χ1) is 17.8. The van der Waals surface area contributed by atoms with Gasteiger partial charge in [0, 0.05) is 42.2 Å². The predicted molar refractivity (Wildman–Crippen MR) is 140 cm³/mol. The van der Waals surface area contributed by atoms with Crippen LogP contribution < -0.4 is 10.7 Å². The molecule has 0 unspecified atom stereocenters. The van der Waals surface area contributed by atoms with Gasteiger partial charge in [0.15, 0.2) is 5.13 Å². The van der Waals surface area contributed by atoms with E-state index in [0.29, 0.717) is 13.2 Å². The summed E-state index contributed by atoms with van der Waals surface area (Å²) in [7, 11) is 0. The molecule has 1 fully saturated rings. The molecule has 200 valence electrons. The lowest BCUT2D eigenvalue weighted by molar-refractivity contribution is -0.452. The lowest BCUT2D eigenvalue weighted by Gasteiger charge is -2.38. The van der Waals surface area contributed by atoms with Crippen LogP contribution in [0.4, 0.5) is 9.93 Å². The van der Waals surface area contributed by atoms with Crippen molar-refractivity contribution in [2.75, 3.05) is 44.3 Å². The van der Waals surface area contributed by atoms with Crippen molar-refractivity contribution < 1.29 is 33.6 Å². The maximum Gasteiger partial charge on any atom is 0.625 e. The van der Waals surface area contributed by atoms with Crippen molar-refractivity contribution in [1.29, 1.82) is 0 Å². The number of likely N-dealkylation sites (tertiary alicyclic amines) is 1. The third kappa shape index (κ3) is 8.25. The molecule has 0 bridgehead atoms. The van der Waals surface area contributed by atoms with Crippen LogP contribution in [0.25, 0.3) is 11.3 Å². The lowest BCUT2D eigenvalue weighted by atomic mass is 10.0. The largest absolute Gasteiger partial charge is 0.625 e. The summed E-state index contributed by atoms with van der Waals surface area (Å²) < 4.78 is 10.8. The second-order valence-corrected chi connectivity index (χ2v) is 9.36. The molecule has 0 spiro atoms. The zero-order chi connectivity index (χ0) is 26.8. The molecule has 0 saturated carbocycles. The molecule has 1 aromatic carbocycles. The van der Waals surface area contributed by atoms with Crippen LogP contribution in [-0.2, 0) is 19.1 Å². The Morgan fingerprint density at radius 2 is 1.86 bits per heavy atom. The zero-order valence-electron chi connectivity index (χ0n) is 21.2. The van der Waals surface area contributed by atoms with Gasteiger partial charge in [0.05, 0.1) is 31.9 Å². The van der Waals surface area contributed by atoms with Gasteiger partial charge in [0.1, 0.15) is 0 Å². The maximum absolute atomic E-state index is 11.8. The predicted octanol–water partition coefficient (Wildman–Crippen LogP) is 2.58. The minimum absolute atomic E-state index is 0.0124. The molecule has 37 heavy (non-hydrogen) atoms. The van der Waals surface area contributed by atoms with E-state index in [-0.39, 0.29) is 31.6 Å². The average Bonchev–Trinajstić information content (AvgIpc) is 3.35. The van der Waals surface area contributed by atoms with E-state index in [2.05, 4.69) is 9.80 Å². The number of amides is 1. The second kappa shape index (κ2) is 13.7. The number of hydrazine groups is 1. The van der Waals surface area contributed by atoms with Crippen LogP contribution in [0.2, 0.25) is 0 Å². The van der Waals surface area contributed by atoms with Crippen molar-refractivity contribution in [2.45, 2.75) is 39.2 Å². The molecule has 0 radical (unpaired) electrons. The fraction of sp³-hybridized carbons (Fsp3) is 0.480. The van der Waals surface area contributed by atoms with Crippen molar-refractivity contribution >= 4 is 40.7 Å². The quantitative estimate of drug-likeness (QED) is 0.111. The number of thiazole rings is 1. The van der Waals surface area contributed by atoms with Gasteiger partial charge in [-0.2, -0.15) is 10.6 Å². The molecule has 3 N–H and O–H groups in total. The van der Waals surface area contributed by atoms with E-state index < -0.39 is 12.1 Å². The summed E-state index contributed by atoms with van der Waals surface area (Å²) in [6.45, 7) is 6.19. The zero-order valence-corrected chi connectivity index (χ0v) is 22.0. The number of anilines is 1. The number of piperidine rings is 1. The number of carbonyl (C=O) groups is 3. The van der Waals surface area contributed by atoms with Gasteiger partial charge in [-0.1, -0.05) is 12.1 Å². The van der Waals surface area contributed by atoms with Crippen molar-refractivity contribution in [3.63, 3.8) is 0 Å². The van der Waals surface area contributed by atoms with E-state index in [9.17, 15) is 19.5 Å². The highest BCUT2D eigenvalue weighted by atomic mass is 32.1. The van der Waals surface area contributed by atoms with Crippen molar-refractivity contribution in [1.82, 2.24) is 9.88 Å². The number of aromatic nitrogens is 1. The lowest BCUT2D eigenvalue weighted by Crippen LogP contribution is -2.47. The number of hydrogen-bond donors (Lipinski definition) is 2. The highest BCUT2D eigenvalue weighted by molar-refractivity contribution is 7.14. The molecule has 1 amide bonds. The molecule has 1 aromatic heterocycles. The molecule has 1 aliphatic rings. The number of ether oxygens (including phenoxy) is 2. The topological polar surface area (TPSA) is 138 Å². The van der Waals surface area contributed by atoms with E-state index in [1.54, 1.807) is 13.8 Å². The highest BCUT2D eigenvalue weighted by Gasteiger charge is 2.28.